The van der Waals surface area contributed by atoms with Gasteiger partial charge in [0.1, 0.15) is 5.41 Å². The number of benzene rings is 2. The van der Waals surface area contributed by atoms with Crippen molar-refractivity contribution >= 4 is 5.91 Å². The molecule has 0 bridgehead atoms. The molecule has 1 fully saturated rings. The minimum absolute atomic E-state index is 0.149. The van der Waals surface area contributed by atoms with Crippen LogP contribution in [0.4, 0.5) is 0 Å². The van der Waals surface area contributed by atoms with E-state index in [1.165, 1.54) is 0 Å². The van der Waals surface area contributed by atoms with E-state index in [0.29, 0.717) is 0 Å². The van der Waals surface area contributed by atoms with Crippen molar-refractivity contribution in [2.24, 2.45) is 11.7 Å². The summed E-state index contributed by atoms with van der Waals surface area (Å²) in [5.74, 6) is 2.58. The summed E-state index contributed by atoms with van der Waals surface area (Å²) in [6, 6.07) is 20.0. The normalized spacial score (nSPS) is 17.7. The van der Waals surface area contributed by atoms with Crippen molar-refractivity contribution in [2.45, 2.75) is 24.7 Å². The van der Waals surface area contributed by atoms with E-state index in [4.69, 9.17) is 12.2 Å². The maximum absolute atomic E-state index is 13.0. The van der Waals surface area contributed by atoms with Crippen LogP contribution in [-0.4, -0.2) is 30.4 Å². The van der Waals surface area contributed by atoms with E-state index < -0.39 is 5.41 Å². The van der Waals surface area contributed by atoms with Crippen molar-refractivity contribution in [3.8, 4) is 12.3 Å². The first-order valence-electron chi connectivity index (χ1n) is 9.26. The van der Waals surface area contributed by atoms with Gasteiger partial charge in [0.05, 0.1) is 0 Å². The molecule has 0 spiro atoms. The molecule has 0 saturated carbocycles. The van der Waals surface area contributed by atoms with Gasteiger partial charge in [-0.3, -0.25) is 4.79 Å². The average Bonchev–Trinajstić information content (AvgIpc) is 3.13. The molecule has 1 amide bonds. The molecule has 1 heterocycles. The van der Waals surface area contributed by atoms with Gasteiger partial charge in [0, 0.05) is 13.0 Å². The molecule has 1 unspecified atom stereocenters. The van der Waals surface area contributed by atoms with Crippen molar-refractivity contribution in [2.75, 3.05) is 19.6 Å². The van der Waals surface area contributed by atoms with Crippen LogP contribution >= 0.6 is 0 Å². The van der Waals surface area contributed by atoms with Crippen molar-refractivity contribution in [3.63, 3.8) is 0 Å². The Balaban J connectivity index is 1.99. The van der Waals surface area contributed by atoms with Crippen LogP contribution in [0.3, 0.4) is 0 Å². The average molecular weight is 346 g/mol. The Hall–Kier alpha value is -2.57. The second-order valence-corrected chi connectivity index (χ2v) is 7.00. The number of likely N-dealkylation sites (tertiary alicyclic amines) is 1. The highest BCUT2D eigenvalue weighted by molar-refractivity contribution is 5.91. The van der Waals surface area contributed by atoms with E-state index >= 15 is 0 Å². The van der Waals surface area contributed by atoms with E-state index in [-0.39, 0.29) is 11.8 Å². The number of unbranched alkanes of at least 4 members (excludes halogenated alkanes) is 1. The number of nitrogens with zero attached hydrogens (tertiary/aromatic N) is 1. The Kier molecular flexibility index (Phi) is 5.75. The number of terminal acetylenes is 1. The molecule has 1 saturated heterocycles. The summed E-state index contributed by atoms with van der Waals surface area (Å²) in [5, 5.41) is 0. The fourth-order valence-corrected chi connectivity index (χ4v) is 4.32. The highest BCUT2D eigenvalue weighted by atomic mass is 16.1. The molecule has 2 N–H and O–H groups in total. The van der Waals surface area contributed by atoms with Crippen LogP contribution in [0.5, 0.6) is 0 Å². The zero-order valence-electron chi connectivity index (χ0n) is 15.1. The molecule has 1 atom stereocenters. The van der Waals surface area contributed by atoms with Gasteiger partial charge in [0.2, 0.25) is 5.91 Å². The Morgan fingerprint density at radius 2 is 1.69 bits per heavy atom. The van der Waals surface area contributed by atoms with Gasteiger partial charge in [-0.1, -0.05) is 60.7 Å². The first-order chi connectivity index (χ1) is 12.7. The predicted octanol–water partition coefficient (Wildman–Crippen LogP) is 3.19. The zero-order valence-corrected chi connectivity index (χ0v) is 15.1. The number of amides is 1. The third kappa shape index (κ3) is 3.38. The van der Waals surface area contributed by atoms with Gasteiger partial charge in [-0.05, 0) is 43.0 Å². The number of nitrogens with two attached hydrogens (primary N) is 1. The van der Waals surface area contributed by atoms with E-state index in [0.717, 1.165) is 50.0 Å². The summed E-state index contributed by atoms with van der Waals surface area (Å²) >= 11 is 0. The van der Waals surface area contributed by atoms with Crippen LogP contribution in [0.15, 0.2) is 60.7 Å². The highest BCUT2D eigenvalue weighted by Gasteiger charge is 2.49. The molecule has 3 rings (SSSR count). The molecular weight excluding hydrogens is 320 g/mol. The van der Waals surface area contributed by atoms with E-state index in [1.54, 1.807) is 0 Å². The summed E-state index contributed by atoms with van der Waals surface area (Å²) in [6.45, 7) is 2.81. The SMILES string of the molecule is C#CCCCN1CCC(C(C(N)=O)(c2ccccc2)c2ccccc2)C1. The van der Waals surface area contributed by atoms with Gasteiger partial charge in [0.15, 0.2) is 0 Å². The van der Waals surface area contributed by atoms with Crippen LogP contribution < -0.4 is 5.73 Å². The number of rotatable bonds is 7. The summed E-state index contributed by atoms with van der Waals surface area (Å²) in [6.07, 6.45) is 8.10. The van der Waals surface area contributed by atoms with Gasteiger partial charge < -0.3 is 10.6 Å². The lowest BCUT2D eigenvalue weighted by molar-refractivity contribution is -0.123. The topological polar surface area (TPSA) is 46.3 Å². The molecule has 3 nitrogen and oxygen atoms in total. The summed E-state index contributed by atoms with van der Waals surface area (Å²) in [4.78, 5) is 15.4. The molecular formula is C23H26N2O. The monoisotopic (exact) mass is 346 g/mol. The van der Waals surface area contributed by atoms with Crippen LogP contribution in [0.2, 0.25) is 0 Å². The van der Waals surface area contributed by atoms with Crippen molar-refractivity contribution < 1.29 is 4.79 Å². The lowest BCUT2D eigenvalue weighted by Gasteiger charge is -2.37. The fraction of sp³-hybridized carbons (Fsp3) is 0.348. The number of carbonyl (C=O) groups is 1. The van der Waals surface area contributed by atoms with Crippen molar-refractivity contribution in [1.82, 2.24) is 4.90 Å². The maximum Gasteiger partial charge on any atom is 0.232 e. The molecule has 0 radical (unpaired) electrons. The third-order valence-corrected chi connectivity index (χ3v) is 5.53. The summed E-state index contributed by atoms with van der Waals surface area (Å²) in [5.41, 5.74) is 7.26. The molecule has 0 aliphatic carbocycles. The smallest absolute Gasteiger partial charge is 0.232 e. The Labute approximate surface area is 156 Å². The van der Waals surface area contributed by atoms with Crippen molar-refractivity contribution in [3.05, 3.63) is 71.8 Å². The lowest BCUT2D eigenvalue weighted by atomic mass is 9.64. The first-order valence-corrected chi connectivity index (χ1v) is 9.26. The molecule has 2 aromatic rings. The molecule has 26 heavy (non-hydrogen) atoms. The Morgan fingerprint density at radius 1 is 1.12 bits per heavy atom. The minimum Gasteiger partial charge on any atom is -0.369 e. The molecule has 2 aromatic carbocycles. The van der Waals surface area contributed by atoms with Crippen molar-refractivity contribution in [1.29, 1.82) is 0 Å². The van der Waals surface area contributed by atoms with E-state index in [9.17, 15) is 4.79 Å². The number of hydrogen-bond donors (Lipinski definition) is 1. The van der Waals surface area contributed by atoms with Gasteiger partial charge in [-0.2, -0.15) is 0 Å². The van der Waals surface area contributed by atoms with Crippen LogP contribution in [0, 0.1) is 18.3 Å². The fourth-order valence-electron chi connectivity index (χ4n) is 4.32. The summed E-state index contributed by atoms with van der Waals surface area (Å²) < 4.78 is 0. The predicted molar refractivity (Wildman–Crippen MR) is 105 cm³/mol. The Morgan fingerprint density at radius 3 is 2.19 bits per heavy atom. The van der Waals surface area contributed by atoms with E-state index in [2.05, 4.69) is 10.8 Å². The molecule has 134 valence electrons. The number of primary amides is 1. The highest BCUT2D eigenvalue weighted by Crippen LogP contribution is 2.43. The lowest BCUT2D eigenvalue weighted by Crippen LogP contribution is -2.49. The molecule has 0 aromatic heterocycles. The zero-order chi connectivity index (χ0) is 18.4. The van der Waals surface area contributed by atoms with Crippen LogP contribution in [0.1, 0.15) is 30.4 Å². The second-order valence-electron chi connectivity index (χ2n) is 7.00. The first kappa shape index (κ1) is 18.2. The number of carbonyl (C=O) groups excluding carboxylic acids is 1. The quantitative estimate of drug-likeness (QED) is 0.618. The van der Waals surface area contributed by atoms with Gasteiger partial charge in [-0.15, -0.1) is 12.3 Å². The standard InChI is InChI=1S/C23H26N2O/c1-2-3-10-16-25-17-15-21(18-25)23(22(24)26,19-11-6-4-7-12-19)20-13-8-5-9-14-20/h1,4-9,11-14,21H,3,10,15-18H2,(H2,24,26). The Bertz CT molecular complexity index is 724. The third-order valence-electron chi connectivity index (χ3n) is 5.53. The maximum atomic E-state index is 13.0. The van der Waals surface area contributed by atoms with E-state index in [1.807, 2.05) is 60.7 Å². The summed E-state index contributed by atoms with van der Waals surface area (Å²) in [7, 11) is 0. The molecule has 1 aliphatic heterocycles. The van der Waals surface area contributed by atoms with Crippen LogP contribution in [0.25, 0.3) is 0 Å². The van der Waals surface area contributed by atoms with Crippen LogP contribution in [-0.2, 0) is 10.2 Å². The second kappa shape index (κ2) is 8.21. The van der Waals surface area contributed by atoms with Gasteiger partial charge >= 0.3 is 0 Å². The minimum atomic E-state index is -0.802. The largest absolute Gasteiger partial charge is 0.369 e. The van der Waals surface area contributed by atoms with Gasteiger partial charge in [-0.25, -0.2) is 0 Å². The van der Waals surface area contributed by atoms with Gasteiger partial charge in [0.25, 0.3) is 0 Å². The number of hydrogen-bond acceptors (Lipinski definition) is 2. The molecule has 1 aliphatic rings. The molecule has 3 heteroatoms.